The molecule has 1 aliphatic rings. The molecule has 1 amide bonds. The van der Waals surface area contributed by atoms with Crippen molar-refractivity contribution >= 4 is 5.91 Å². The normalized spacial score (nSPS) is 21.5. The smallest absolute Gasteiger partial charge is 0.320 e. The van der Waals surface area contributed by atoms with E-state index in [9.17, 15) is 13.6 Å². The van der Waals surface area contributed by atoms with Crippen LogP contribution in [0.4, 0.5) is 8.78 Å². The molecule has 0 spiro atoms. The van der Waals surface area contributed by atoms with Crippen LogP contribution in [0.5, 0.6) is 6.01 Å². The van der Waals surface area contributed by atoms with E-state index in [4.69, 9.17) is 10.5 Å². The monoisotopic (exact) mass is 230 g/mol. The maximum Gasteiger partial charge on any atom is 0.320 e. The van der Waals surface area contributed by atoms with Crippen LogP contribution in [0, 0.1) is 5.92 Å². The first kappa shape index (κ1) is 10.7. The Bertz CT molecular complexity index is 426. The lowest BCUT2D eigenvalue weighted by Gasteiger charge is -2.02. The Balaban J connectivity index is 1.95. The van der Waals surface area contributed by atoms with Crippen molar-refractivity contribution in [1.29, 1.82) is 0 Å². The van der Waals surface area contributed by atoms with Gasteiger partial charge in [-0.15, -0.1) is 0 Å². The van der Waals surface area contributed by atoms with E-state index in [1.165, 1.54) is 0 Å². The number of hydrogen-bond donors (Lipinski definition) is 1. The summed E-state index contributed by atoms with van der Waals surface area (Å²) >= 11 is 0. The molecule has 16 heavy (non-hydrogen) atoms. The van der Waals surface area contributed by atoms with Gasteiger partial charge < -0.3 is 10.5 Å². The van der Waals surface area contributed by atoms with Crippen molar-refractivity contribution in [2.75, 3.05) is 6.61 Å². The zero-order valence-electron chi connectivity index (χ0n) is 8.06. The number of nitrogens with two attached hydrogens (primary N) is 1. The van der Waals surface area contributed by atoms with Crippen molar-refractivity contribution in [3.63, 3.8) is 0 Å². The number of halogens is 2. The van der Waals surface area contributed by atoms with Crippen molar-refractivity contribution in [2.45, 2.75) is 12.3 Å². The SMILES string of the molecule is NC(=O)c1ncnc(OCC2CC2(F)F)n1. The van der Waals surface area contributed by atoms with E-state index in [2.05, 4.69) is 15.0 Å². The largest absolute Gasteiger partial charge is 0.463 e. The minimum Gasteiger partial charge on any atom is -0.463 e. The molecule has 8 heteroatoms. The van der Waals surface area contributed by atoms with E-state index in [0.717, 1.165) is 6.33 Å². The summed E-state index contributed by atoms with van der Waals surface area (Å²) in [5.74, 6) is -4.54. The molecule has 1 aromatic rings. The molecule has 2 N–H and O–H groups in total. The molecule has 1 heterocycles. The van der Waals surface area contributed by atoms with Crippen LogP contribution in [0.25, 0.3) is 0 Å². The highest BCUT2D eigenvalue weighted by atomic mass is 19.3. The average molecular weight is 230 g/mol. The number of nitrogens with zero attached hydrogens (tertiary/aromatic N) is 3. The van der Waals surface area contributed by atoms with Crippen molar-refractivity contribution in [2.24, 2.45) is 11.7 Å². The Kier molecular flexibility index (Phi) is 2.41. The molecule has 0 aliphatic heterocycles. The van der Waals surface area contributed by atoms with Gasteiger partial charge in [-0.1, -0.05) is 0 Å². The van der Waals surface area contributed by atoms with Gasteiger partial charge in [0.25, 0.3) is 11.8 Å². The van der Waals surface area contributed by atoms with Gasteiger partial charge in [-0.2, -0.15) is 9.97 Å². The Labute approximate surface area is 88.9 Å². The summed E-state index contributed by atoms with van der Waals surface area (Å²) < 4.78 is 29.9. The average Bonchev–Trinajstić information content (AvgIpc) is 2.84. The maximum absolute atomic E-state index is 12.5. The van der Waals surface area contributed by atoms with Crippen LogP contribution >= 0.6 is 0 Å². The number of ether oxygens (including phenoxy) is 1. The molecule has 0 radical (unpaired) electrons. The zero-order chi connectivity index (χ0) is 11.8. The molecule has 1 saturated carbocycles. The van der Waals surface area contributed by atoms with Crippen molar-refractivity contribution in [3.8, 4) is 6.01 Å². The second-order valence-corrected chi connectivity index (χ2v) is 3.43. The first-order valence-electron chi connectivity index (χ1n) is 4.48. The van der Waals surface area contributed by atoms with Gasteiger partial charge in [-0.3, -0.25) is 4.79 Å². The van der Waals surface area contributed by atoms with Crippen LogP contribution in [0.2, 0.25) is 0 Å². The van der Waals surface area contributed by atoms with Gasteiger partial charge >= 0.3 is 6.01 Å². The number of alkyl halides is 2. The third-order valence-electron chi connectivity index (χ3n) is 2.14. The van der Waals surface area contributed by atoms with Gasteiger partial charge in [0.15, 0.2) is 0 Å². The molecule has 1 fully saturated rings. The number of aromatic nitrogens is 3. The van der Waals surface area contributed by atoms with Crippen LogP contribution in [0.15, 0.2) is 6.33 Å². The predicted molar refractivity (Wildman–Crippen MR) is 46.9 cm³/mol. The van der Waals surface area contributed by atoms with E-state index in [-0.39, 0.29) is 24.9 Å². The minimum atomic E-state index is -2.65. The molecule has 0 saturated heterocycles. The number of hydrogen-bond acceptors (Lipinski definition) is 5. The Hall–Kier alpha value is -1.86. The van der Waals surface area contributed by atoms with Crippen molar-refractivity contribution in [1.82, 2.24) is 15.0 Å². The van der Waals surface area contributed by atoms with E-state index in [1.54, 1.807) is 0 Å². The van der Waals surface area contributed by atoms with Gasteiger partial charge in [0, 0.05) is 6.42 Å². The number of primary amides is 1. The molecule has 86 valence electrons. The lowest BCUT2D eigenvalue weighted by molar-refractivity contribution is 0.0837. The number of carbonyl (C=O) groups is 1. The summed E-state index contributed by atoms with van der Waals surface area (Å²) in [6.07, 6.45) is 0.841. The Morgan fingerprint density at radius 1 is 1.62 bits per heavy atom. The third kappa shape index (κ3) is 2.20. The molecule has 0 bridgehead atoms. The first-order chi connectivity index (χ1) is 7.49. The summed E-state index contributed by atoms with van der Waals surface area (Å²) in [5.41, 5.74) is 4.93. The fourth-order valence-corrected chi connectivity index (χ4v) is 1.10. The van der Waals surface area contributed by atoms with Crippen LogP contribution in [0.3, 0.4) is 0 Å². The molecule has 1 aliphatic carbocycles. The second kappa shape index (κ2) is 3.62. The third-order valence-corrected chi connectivity index (χ3v) is 2.14. The fourth-order valence-electron chi connectivity index (χ4n) is 1.10. The van der Waals surface area contributed by atoms with Gasteiger partial charge in [-0.05, 0) is 0 Å². The van der Waals surface area contributed by atoms with Crippen LogP contribution in [0.1, 0.15) is 17.0 Å². The van der Waals surface area contributed by atoms with Crippen LogP contribution in [-0.4, -0.2) is 33.4 Å². The molecule has 6 nitrogen and oxygen atoms in total. The molecule has 2 rings (SSSR count). The van der Waals surface area contributed by atoms with Gasteiger partial charge in [-0.25, -0.2) is 13.8 Å². The summed E-state index contributed by atoms with van der Waals surface area (Å²) in [5, 5.41) is 0. The topological polar surface area (TPSA) is 91.0 Å². The van der Waals surface area contributed by atoms with Crippen molar-refractivity contribution < 1.29 is 18.3 Å². The first-order valence-corrected chi connectivity index (χ1v) is 4.48. The number of amides is 1. The highest BCUT2D eigenvalue weighted by Crippen LogP contribution is 2.48. The van der Waals surface area contributed by atoms with Gasteiger partial charge in [0.2, 0.25) is 5.82 Å². The summed E-state index contributed by atoms with van der Waals surface area (Å²) in [4.78, 5) is 21.3. The lowest BCUT2D eigenvalue weighted by atomic mass is 10.4. The lowest BCUT2D eigenvalue weighted by Crippen LogP contribution is -2.17. The highest BCUT2D eigenvalue weighted by molar-refractivity contribution is 5.88. The second-order valence-electron chi connectivity index (χ2n) is 3.43. The van der Waals surface area contributed by atoms with Gasteiger partial charge in [0.05, 0.1) is 5.92 Å². The molecule has 1 atom stereocenters. The zero-order valence-corrected chi connectivity index (χ0v) is 8.06. The molecule has 1 unspecified atom stereocenters. The number of rotatable bonds is 4. The quantitative estimate of drug-likeness (QED) is 0.786. The fraction of sp³-hybridized carbons (Fsp3) is 0.500. The van der Waals surface area contributed by atoms with Crippen LogP contribution < -0.4 is 10.5 Å². The maximum atomic E-state index is 12.5. The Morgan fingerprint density at radius 2 is 2.31 bits per heavy atom. The standard InChI is InChI=1S/C8H8F2N4O2/c9-8(10)1-4(8)2-16-7-13-3-12-6(14-7)5(11)15/h3-4H,1-2H2,(H2,11,15). The minimum absolute atomic E-state index is 0.175. The number of carbonyl (C=O) groups excluding carboxylic acids is 1. The summed E-state index contributed by atoms with van der Waals surface area (Å²) in [6.45, 7) is -0.185. The van der Waals surface area contributed by atoms with Crippen LogP contribution in [-0.2, 0) is 0 Å². The van der Waals surface area contributed by atoms with E-state index in [0.29, 0.717) is 0 Å². The Morgan fingerprint density at radius 3 is 2.88 bits per heavy atom. The van der Waals surface area contributed by atoms with E-state index in [1.807, 2.05) is 0 Å². The molecule has 0 aromatic carbocycles. The highest BCUT2D eigenvalue weighted by Gasteiger charge is 2.57. The molecular formula is C8H8F2N4O2. The summed E-state index contributed by atoms with van der Waals surface area (Å²) in [7, 11) is 0. The van der Waals surface area contributed by atoms with Gasteiger partial charge in [0.1, 0.15) is 12.9 Å². The molecular weight excluding hydrogens is 222 g/mol. The van der Waals surface area contributed by atoms with Crippen molar-refractivity contribution in [3.05, 3.63) is 12.2 Å². The summed E-state index contributed by atoms with van der Waals surface area (Å²) in [6, 6.07) is -0.175. The molecule has 1 aromatic heterocycles. The van der Waals surface area contributed by atoms with E-state index >= 15 is 0 Å². The van der Waals surface area contributed by atoms with E-state index < -0.39 is 17.7 Å². The predicted octanol–water partition coefficient (Wildman–Crippen LogP) is 0.00450.